The topological polar surface area (TPSA) is 33.3 Å². The summed E-state index contributed by atoms with van der Waals surface area (Å²) < 4.78 is 5.28. The second-order valence-corrected chi connectivity index (χ2v) is 4.62. The minimum Gasteiger partial charge on any atom is -0.496 e. The highest BCUT2D eigenvalue weighted by Gasteiger charge is 2.28. The number of ether oxygens (including phenoxy) is 1. The van der Waals surface area contributed by atoms with Crippen molar-refractivity contribution >= 4 is 0 Å². The van der Waals surface area contributed by atoms with Gasteiger partial charge < -0.3 is 15.4 Å². The third-order valence-electron chi connectivity index (χ3n) is 3.33. The van der Waals surface area contributed by atoms with E-state index < -0.39 is 0 Å². The van der Waals surface area contributed by atoms with Gasteiger partial charge in [-0.1, -0.05) is 12.1 Å². The minimum absolute atomic E-state index is 0.0370. The first-order valence-electron chi connectivity index (χ1n) is 5.76. The smallest absolute Gasteiger partial charge is 0.121 e. The van der Waals surface area contributed by atoms with Gasteiger partial charge in [-0.15, -0.1) is 0 Å². The van der Waals surface area contributed by atoms with Gasteiger partial charge in [0.05, 0.1) is 12.6 Å². The standard InChI is InChI=1S/C13H20N2O/c1-10-8-11(4-5-12(10)16-3)13(2)9-14-6-7-15-13/h4-5,8,14-15H,6-7,9H2,1-3H3. The molecule has 0 aliphatic carbocycles. The molecule has 1 saturated heterocycles. The average molecular weight is 220 g/mol. The van der Waals surface area contributed by atoms with Crippen LogP contribution in [0.4, 0.5) is 0 Å². The van der Waals surface area contributed by atoms with Crippen molar-refractivity contribution in [3.05, 3.63) is 29.3 Å². The third kappa shape index (κ3) is 2.06. The van der Waals surface area contributed by atoms with Gasteiger partial charge in [-0.25, -0.2) is 0 Å². The van der Waals surface area contributed by atoms with Crippen molar-refractivity contribution in [1.82, 2.24) is 10.6 Å². The summed E-state index contributed by atoms with van der Waals surface area (Å²) in [5.74, 6) is 0.955. The fourth-order valence-electron chi connectivity index (χ4n) is 2.25. The van der Waals surface area contributed by atoms with E-state index in [9.17, 15) is 0 Å². The fraction of sp³-hybridized carbons (Fsp3) is 0.538. The summed E-state index contributed by atoms with van der Waals surface area (Å²) >= 11 is 0. The quantitative estimate of drug-likeness (QED) is 0.790. The Morgan fingerprint density at radius 2 is 2.12 bits per heavy atom. The number of aryl methyl sites for hydroxylation is 1. The van der Waals surface area contributed by atoms with Crippen LogP contribution in [0.25, 0.3) is 0 Å². The first-order chi connectivity index (χ1) is 7.65. The van der Waals surface area contributed by atoms with Crippen LogP contribution in [0.1, 0.15) is 18.1 Å². The lowest BCUT2D eigenvalue weighted by Crippen LogP contribution is -2.54. The molecule has 1 heterocycles. The molecule has 0 radical (unpaired) electrons. The molecule has 1 aliphatic rings. The molecular formula is C13H20N2O. The number of hydrogen-bond acceptors (Lipinski definition) is 3. The van der Waals surface area contributed by atoms with E-state index in [1.54, 1.807) is 7.11 Å². The highest BCUT2D eigenvalue weighted by molar-refractivity contribution is 5.39. The second-order valence-electron chi connectivity index (χ2n) is 4.62. The molecule has 88 valence electrons. The molecule has 2 rings (SSSR count). The summed E-state index contributed by atoms with van der Waals surface area (Å²) in [5, 5.41) is 7.00. The SMILES string of the molecule is COc1ccc(C2(C)CNCCN2)cc1C. The highest BCUT2D eigenvalue weighted by atomic mass is 16.5. The van der Waals surface area contributed by atoms with Gasteiger partial charge in [-0.3, -0.25) is 0 Å². The van der Waals surface area contributed by atoms with E-state index in [1.165, 1.54) is 11.1 Å². The molecule has 0 bridgehead atoms. The Labute approximate surface area is 97.2 Å². The van der Waals surface area contributed by atoms with Crippen molar-refractivity contribution in [2.45, 2.75) is 19.4 Å². The van der Waals surface area contributed by atoms with Crippen LogP contribution in [-0.2, 0) is 5.54 Å². The van der Waals surface area contributed by atoms with Crippen molar-refractivity contribution in [3.8, 4) is 5.75 Å². The van der Waals surface area contributed by atoms with Crippen LogP contribution in [0.3, 0.4) is 0 Å². The molecule has 3 nitrogen and oxygen atoms in total. The molecule has 0 spiro atoms. The highest BCUT2D eigenvalue weighted by Crippen LogP contribution is 2.26. The Morgan fingerprint density at radius 1 is 1.31 bits per heavy atom. The summed E-state index contributed by atoms with van der Waals surface area (Å²) in [5.41, 5.74) is 2.54. The molecule has 1 unspecified atom stereocenters. The van der Waals surface area contributed by atoms with Gasteiger partial charge in [0.25, 0.3) is 0 Å². The summed E-state index contributed by atoms with van der Waals surface area (Å²) in [6.07, 6.45) is 0. The van der Waals surface area contributed by atoms with Crippen LogP contribution in [0.2, 0.25) is 0 Å². The number of nitrogens with one attached hydrogen (secondary N) is 2. The molecule has 0 saturated carbocycles. The molecule has 1 aromatic rings. The molecule has 1 aromatic carbocycles. The van der Waals surface area contributed by atoms with E-state index in [2.05, 4.69) is 36.6 Å². The lowest BCUT2D eigenvalue weighted by Gasteiger charge is -2.36. The maximum absolute atomic E-state index is 5.28. The Bertz CT molecular complexity index is 370. The molecular weight excluding hydrogens is 200 g/mol. The van der Waals surface area contributed by atoms with Crippen LogP contribution in [0.15, 0.2) is 18.2 Å². The van der Waals surface area contributed by atoms with Crippen molar-refractivity contribution in [3.63, 3.8) is 0 Å². The summed E-state index contributed by atoms with van der Waals surface area (Å²) in [4.78, 5) is 0. The van der Waals surface area contributed by atoms with Gasteiger partial charge >= 0.3 is 0 Å². The summed E-state index contributed by atoms with van der Waals surface area (Å²) in [6, 6.07) is 6.40. The molecule has 0 aromatic heterocycles. The maximum Gasteiger partial charge on any atom is 0.121 e. The second kappa shape index (κ2) is 4.44. The monoisotopic (exact) mass is 220 g/mol. The molecule has 0 amide bonds. The number of hydrogen-bond donors (Lipinski definition) is 2. The minimum atomic E-state index is 0.0370. The molecule has 2 N–H and O–H groups in total. The third-order valence-corrected chi connectivity index (χ3v) is 3.33. The van der Waals surface area contributed by atoms with E-state index in [1.807, 2.05) is 6.07 Å². The van der Waals surface area contributed by atoms with E-state index in [0.29, 0.717) is 0 Å². The van der Waals surface area contributed by atoms with E-state index >= 15 is 0 Å². The van der Waals surface area contributed by atoms with E-state index in [-0.39, 0.29) is 5.54 Å². The average Bonchev–Trinajstić information content (AvgIpc) is 2.30. The molecule has 16 heavy (non-hydrogen) atoms. The van der Waals surface area contributed by atoms with Crippen molar-refractivity contribution in [2.75, 3.05) is 26.7 Å². The van der Waals surface area contributed by atoms with Crippen molar-refractivity contribution in [2.24, 2.45) is 0 Å². The van der Waals surface area contributed by atoms with Crippen LogP contribution in [0, 0.1) is 6.92 Å². The van der Waals surface area contributed by atoms with Crippen LogP contribution in [-0.4, -0.2) is 26.7 Å². The van der Waals surface area contributed by atoms with Gasteiger partial charge in [-0.2, -0.15) is 0 Å². The predicted octanol–water partition coefficient (Wildman–Crippen LogP) is 1.41. The number of rotatable bonds is 2. The van der Waals surface area contributed by atoms with Gasteiger partial charge in [0, 0.05) is 19.6 Å². The van der Waals surface area contributed by atoms with Gasteiger partial charge in [-0.05, 0) is 31.0 Å². The molecule has 1 atom stereocenters. The molecule has 3 heteroatoms. The lowest BCUT2D eigenvalue weighted by molar-refractivity contribution is 0.302. The normalized spacial score (nSPS) is 25.4. The number of methoxy groups -OCH3 is 1. The first-order valence-corrected chi connectivity index (χ1v) is 5.76. The van der Waals surface area contributed by atoms with E-state index in [4.69, 9.17) is 4.74 Å². The van der Waals surface area contributed by atoms with Crippen LogP contribution in [0.5, 0.6) is 5.75 Å². The zero-order chi connectivity index (χ0) is 11.6. The zero-order valence-corrected chi connectivity index (χ0v) is 10.3. The Kier molecular flexibility index (Phi) is 3.17. The number of piperazine rings is 1. The van der Waals surface area contributed by atoms with Crippen LogP contribution < -0.4 is 15.4 Å². The zero-order valence-electron chi connectivity index (χ0n) is 10.3. The maximum atomic E-state index is 5.28. The van der Waals surface area contributed by atoms with Crippen molar-refractivity contribution < 1.29 is 4.74 Å². The molecule has 1 aliphatic heterocycles. The Hall–Kier alpha value is -1.06. The largest absolute Gasteiger partial charge is 0.496 e. The predicted molar refractivity (Wildman–Crippen MR) is 66.0 cm³/mol. The Morgan fingerprint density at radius 3 is 2.69 bits per heavy atom. The van der Waals surface area contributed by atoms with Gasteiger partial charge in [0.15, 0.2) is 0 Å². The molecule has 1 fully saturated rings. The van der Waals surface area contributed by atoms with Gasteiger partial charge in [0.1, 0.15) is 5.75 Å². The lowest BCUT2D eigenvalue weighted by atomic mass is 9.89. The fourth-order valence-corrected chi connectivity index (χ4v) is 2.25. The first kappa shape index (κ1) is 11.4. The summed E-state index contributed by atoms with van der Waals surface area (Å²) in [7, 11) is 1.71. The van der Waals surface area contributed by atoms with Crippen LogP contribution >= 0.6 is 0 Å². The Balaban J connectivity index is 2.29. The van der Waals surface area contributed by atoms with Gasteiger partial charge in [0.2, 0.25) is 0 Å². The van der Waals surface area contributed by atoms with E-state index in [0.717, 1.165) is 25.4 Å². The summed E-state index contributed by atoms with van der Waals surface area (Å²) in [6.45, 7) is 7.35. The van der Waals surface area contributed by atoms with Crippen molar-refractivity contribution in [1.29, 1.82) is 0 Å². The number of benzene rings is 1.